The number of carbonyl (C=O) groups is 1. The van der Waals surface area contributed by atoms with E-state index in [4.69, 9.17) is 10.5 Å². The summed E-state index contributed by atoms with van der Waals surface area (Å²) in [7, 11) is 1.42. The maximum absolute atomic E-state index is 14.4. The molecule has 5 heteroatoms. The van der Waals surface area contributed by atoms with E-state index in [0.29, 0.717) is 22.2 Å². The van der Waals surface area contributed by atoms with E-state index >= 15 is 0 Å². The van der Waals surface area contributed by atoms with Gasteiger partial charge >= 0.3 is 0 Å². The molecule has 0 aliphatic heterocycles. The van der Waals surface area contributed by atoms with Crippen LogP contribution >= 0.6 is 0 Å². The van der Waals surface area contributed by atoms with E-state index < -0.39 is 11.7 Å². The number of rotatable bonds is 3. The molecule has 0 spiro atoms. The number of primary amides is 1. The van der Waals surface area contributed by atoms with Gasteiger partial charge in [-0.15, -0.1) is 0 Å². The van der Waals surface area contributed by atoms with Crippen LogP contribution in [0.15, 0.2) is 48.7 Å². The van der Waals surface area contributed by atoms with Gasteiger partial charge in [-0.25, -0.2) is 4.39 Å². The number of halogens is 1. The van der Waals surface area contributed by atoms with Crippen molar-refractivity contribution in [3.05, 3.63) is 60.0 Å². The molecule has 0 bridgehead atoms. The predicted octanol–water partition coefficient (Wildman–Crippen LogP) is 2.88. The summed E-state index contributed by atoms with van der Waals surface area (Å²) in [4.78, 5) is 11.4. The summed E-state index contributed by atoms with van der Waals surface area (Å²) >= 11 is 0. The van der Waals surface area contributed by atoms with E-state index in [9.17, 15) is 9.18 Å². The molecule has 0 saturated carbocycles. The Kier molecular flexibility index (Phi) is 3.10. The average Bonchev–Trinajstić information content (AvgIpc) is 2.91. The second-order valence-corrected chi connectivity index (χ2v) is 4.58. The monoisotopic (exact) mass is 284 g/mol. The summed E-state index contributed by atoms with van der Waals surface area (Å²) in [6.07, 6.45) is 1.70. The number of nitrogens with zero attached hydrogens (tertiary/aromatic N) is 1. The van der Waals surface area contributed by atoms with Crippen LogP contribution in [0.3, 0.4) is 0 Å². The van der Waals surface area contributed by atoms with Gasteiger partial charge in [0, 0.05) is 17.1 Å². The molecule has 21 heavy (non-hydrogen) atoms. The number of fused-ring (bicyclic) bond motifs is 1. The van der Waals surface area contributed by atoms with Gasteiger partial charge in [0.25, 0.3) is 0 Å². The van der Waals surface area contributed by atoms with Gasteiger partial charge in [-0.3, -0.25) is 4.79 Å². The number of methoxy groups -OCH3 is 1. The van der Waals surface area contributed by atoms with E-state index in [1.807, 2.05) is 0 Å². The zero-order chi connectivity index (χ0) is 15.0. The van der Waals surface area contributed by atoms with Crippen molar-refractivity contribution in [1.82, 2.24) is 4.57 Å². The van der Waals surface area contributed by atoms with Crippen LogP contribution in [0.25, 0.3) is 16.6 Å². The van der Waals surface area contributed by atoms with Gasteiger partial charge in [0.05, 0.1) is 18.3 Å². The molecule has 1 amide bonds. The van der Waals surface area contributed by atoms with E-state index in [-0.39, 0.29) is 5.75 Å². The molecule has 0 unspecified atom stereocenters. The van der Waals surface area contributed by atoms with Crippen molar-refractivity contribution in [2.75, 3.05) is 7.11 Å². The Labute approximate surface area is 120 Å². The van der Waals surface area contributed by atoms with Crippen molar-refractivity contribution in [1.29, 1.82) is 0 Å². The van der Waals surface area contributed by atoms with Crippen LogP contribution in [0.5, 0.6) is 5.75 Å². The Balaban J connectivity index is 2.28. The zero-order valence-corrected chi connectivity index (χ0v) is 11.3. The molecule has 0 aliphatic rings. The average molecular weight is 284 g/mol. The molecule has 1 aromatic heterocycles. The van der Waals surface area contributed by atoms with Gasteiger partial charge in [0.2, 0.25) is 5.91 Å². The maximum Gasteiger partial charge on any atom is 0.249 e. The lowest BCUT2D eigenvalue weighted by Crippen LogP contribution is -2.11. The molecule has 0 radical (unpaired) electrons. The fourth-order valence-corrected chi connectivity index (χ4v) is 2.44. The Morgan fingerprint density at radius 1 is 1.19 bits per heavy atom. The van der Waals surface area contributed by atoms with Crippen LogP contribution in [0.1, 0.15) is 10.4 Å². The Morgan fingerprint density at radius 3 is 2.67 bits per heavy atom. The number of hydrogen-bond acceptors (Lipinski definition) is 2. The zero-order valence-electron chi connectivity index (χ0n) is 11.3. The number of ether oxygens (including phenoxy) is 1. The Hall–Kier alpha value is -2.82. The molecule has 0 atom stereocenters. The first kappa shape index (κ1) is 13.2. The van der Waals surface area contributed by atoms with Gasteiger partial charge in [-0.1, -0.05) is 12.1 Å². The Bertz CT molecular complexity index is 839. The van der Waals surface area contributed by atoms with E-state index in [2.05, 4.69) is 0 Å². The number of nitrogens with two attached hydrogens (primary N) is 1. The van der Waals surface area contributed by atoms with Gasteiger partial charge in [-0.05, 0) is 30.3 Å². The van der Waals surface area contributed by atoms with Crippen LogP contribution in [0.2, 0.25) is 0 Å². The van der Waals surface area contributed by atoms with Crippen LogP contribution < -0.4 is 10.5 Å². The first-order valence-corrected chi connectivity index (χ1v) is 6.36. The fourth-order valence-electron chi connectivity index (χ4n) is 2.44. The van der Waals surface area contributed by atoms with Crippen LogP contribution in [0, 0.1) is 5.82 Å². The normalized spacial score (nSPS) is 10.8. The third-order valence-electron chi connectivity index (χ3n) is 3.42. The van der Waals surface area contributed by atoms with Gasteiger partial charge in [-0.2, -0.15) is 0 Å². The topological polar surface area (TPSA) is 57.2 Å². The largest absolute Gasteiger partial charge is 0.494 e. The minimum Gasteiger partial charge on any atom is -0.494 e. The molecule has 0 saturated heterocycles. The molecule has 0 fully saturated rings. The van der Waals surface area contributed by atoms with Crippen LogP contribution in [-0.4, -0.2) is 17.6 Å². The van der Waals surface area contributed by atoms with E-state index in [1.54, 1.807) is 53.2 Å². The highest BCUT2D eigenvalue weighted by molar-refractivity contribution is 6.06. The van der Waals surface area contributed by atoms with Crippen LogP contribution in [0.4, 0.5) is 4.39 Å². The van der Waals surface area contributed by atoms with Crippen LogP contribution in [-0.2, 0) is 0 Å². The van der Waals surface area contributed by atoms with Gasteiger partial charge in [0.15, 0.2) is 11.6 Å². The number of carbonyl (C=O) groups excluding carboxylic acids is 1. The van der Waals surface area contributed by atoms with Crippen molar-refractivity contribution in [2.45, 2.75) is 0 Å². The van der Waals surface area contributed by atoms with Crippen molar-refractivity contribution in [3.8, 4) is 11.4 Å². The molecule has 2 aromatic carbocycles. The minimum absolute atomic E-state index is 0.167. The first-order chi connectivity index (χ1) is 10.1. The smallest absolute Gasteiger partial charge is 0.249 e. The number of amides is 1. The number of aromatic nitrogens is 1. The summed E-state index contributed by atoms with van der Waals surface area (Å²) in [5.74, 6) is -0.799. The van der Waals surface area contributed by atoms with Crippen molar-refractivity contribution >= 4 is 16.8 Å². The molecule has 2 N–H and O–H groups in total. The molecular formula is C16H13FN2O2. The molecule has 3 rings (SSSR count). The lowest BCUT2D eigenvalue weighted by molar-refractivity contribution is 0.100. The molecular weight excluding hydrogens is 271 g/mol. The van der Waals surface area contributed by atoms with Crippen molar-refractivity contribution < 1.29 is 13.9 Å². The van der Waals surface area contributed by atoms with E-state index in [1.165, 1.54) is 7.11 Å². The predicted molar refractivity (Wildman–Crippen MR) is 78.3 cm³/mol. The molecule has 0 aliphatic carbocycles. The first-order valence-electron chi connectivity index (χ1n) is 6.36. The highest BCUT2D eigenvalue weighted by Crippen LogP contribution is 2.28. The summed E-state index contributed by atoms with van der Waals surface area (Å²) in [5, 5.41) is 0.687. The lowest BCUT2D eigenvalue weighted by Gasteiger charge is -2.10. The molecule has 1 heterocycles. The summed E-state index contributed by atoms with van der Waals surface area (Å²) < 4.78 is 21.0. The fraction of sp³-hybridized carbons (Fsp3) is 0.0625. The highest BCUT2D eigenvalue weighted by Gasteiger charge is 2.14. The third-order valence-corrected chi connectivity index (χ3v) is 3.42. The van der Waals surface area contributed by atoms with Crippen molar-refractivity contribution in [2.24, 2.45) is 5.73 Å². The quantitative estimate of drug-likeness (QED) is 0.804. The summed E-state index contributed by atoms with van der Waals surface area (Å²) in [6, 6.07) is 11.8. The number of benzene rings is 2. The SMILES string of the molecule is COc1cccc(-n2ccc3c(C(N)=O)cccc32)c1F. The molecule has 4 nitrogen and oxygen atoms in total. The maximum atomic E-state index is 14.4. The Morgan fingerprint density at radius 2 is 1.95 bits per heavy atom. The highest BCUT2D eigenvalue weighted by atomic mass is 19.1. The molecule has 3 aromatic rings. The third kappa shape index (κ3) is 2.03. The lowest BCUT2D eigenvalue weighted by atomic mass is 10.1. The second kappa shape index (κ2) is 4.94. The second-order valence-electron chi connectivity index (χ2n) is 4.58. The van der Waals surface area contributed by atoms with Gasteiger partial charge in [0.1, 0.15) is 0 Å². The number of hydrogen-bond donors (Lipinski definition) is 1. The van der Waals surface area contributed by atoms with Gasteiger partial charge < -0.3 is 15.0 Å². The van der Waals surface area contributed by atoms with E-state index in [0.717, 1.165) is 0 Å². The molecule has 106 valence electrons. The minimum atomic E-state index is -0.510. The van der Waals surface area contributed by atoms with Crippen molar-refractivity contribution in [3.63, 3.8) is 0 Å². The summed E-state index contributed by atoms with van der Waals surface area (Å²) in [6.45, 7) is 0. The standard InChI is InChI=1S/C16H13FN2O2/c1-21-14-7-3-6-13(15(14)17)19-9-8-10-11(16(18)20)4-2-5-12(10)19/h2-9H,1H3,(H2,18,20). The summed E-state index contributed by atoms with van der Waals surface area (Å²) in [5.41, 5.74) is 6.83.